The molecule has 7 heteroatoms. The van der Waals surface area contributed by atoms with Crippen LogP contribution >= 0.6 is 0 Å². The molecule has 0 radical (unpaired) electrons. The van der Waals surface area contributed by atoms with Crippen molar-refractivity contribution < 1.29 is 4.79 Å². The maximum Gasteiger partial charge on any atom is 0.272 e. The predicted octanol–water partition coefficient (Wildman–Crippen LogP) is -0.278. The molecule has 0 unspecified atom stereocenters. The van der Waals surface area contributed by atoms with Gasteiger partial charge in [0.15, 0.2) is 5.69 Å². The van der Waals surface area contributed by atoms with Gasteiger partial charge in [-0.2, -0.15) is 5.10 Å². The second-order valence-corrected chi connectivity index (χ2v) is 3.51. The maximum atomic E-state index is 11.6. The average Bonchev–Trinajstić information content (AvgIpc) is 2.73. The molecule has 0 fully saturated rings. The molecule has 1 amide bonds. The molecule has 3 N–H and O–H groups in total. The summed E-state index contributed by atoms with van der Waals surface area (Å²) in [4.78, 5) is 11.6. The Balaban J connectivity index is 1.95. The van der Waals surface area contributed by atoms with E-state index in [0.29, 0.717) is 6.54 Å². The van der Waals surface area contributed by atoms with E-state index in [9.17, 15) is 4.79 Å². The summed E-state index contributed by atoms with van der Waals surface area (Å²) in [6.45, 7) is 0.353. The molecule has 0 aliphatic carbocycles. The smallest absolute Gasteiger partial charge is 0.272 e. The first kappa shape index (κ1) is 11.1. The lowest BCUT2D eigenvalue weighted by atomic mass is 10.3. The summed E-state index contributed by atoms with van der Waals surface area (Å²) in [6.07, 6.45) is 1.81. The number of carbonyl (C=O) groups excluding carboxylic acids is 1. The van der Waals surface area contributed by atoms with E-state index in [1.54, 1.807) is 4.68 Å². The van der Waals surface area contributed by atoms with Crippen LogP contribution in [-0.2, 0) is 13.6 Å². The van der Waals surface area contributed by atoms with Crippen molar-refractivity contribution in [2.24, 2.45) is 7.05 Å². The van der Waals surface area contributed by atoms with Crippen LogP contribution in [0.25, 0.3) is 0 Å². The van der Waals surface area contributed by atoms with Crippen LogP contribution in [0.3, 0.4) is 0 Å². The van der Waals surface area contributed by atoms with Crippen LogP contribution in [0, 0.1) is 0 Å². The van der Waals surface area contributed by atoms with Gasteiger partial charge in [0.05, 0.1) is 12.2 Å². The minimum Gasteiger partial charge on any atom is -0.382 e. The van der Waals surface area contributed by atoms with Gasteiger partial charge in [0.1, 0.15) is 5.82 Å². The summed E-state index contributed by atoms with van der Waals surface area (Å²) in [5, 5.41) is 14.1. The Morgan fingerprint density at radius 3 is 2.82 bits per heavy atom. The highest BCUT2D eigenvalue weighted by molar-refractivity contribution is 5.92. The molecule has 0 spiro atoms. The molecule has 17 heavy (non-hydrogen) atoms. The molecule has 2 heterocycles. The number of anilines is 1. The number of aromatic nitrogens is 4. The van der Waals surface area contributed by atoms with Crippen LogP contribution in [0.1, 0.15) is 16.2 Å². The number of hydrogen-bond acceptors (Lipinski definition) is 5. The van der Waals surface area contributed by atoms with E-state index in [1.807, 2.05) is 19.3 Å². The lowest BCUT2D eigenvalue weighted by Crippen LogP contribution is -2.24. The van der Waals surface area contributed by atoms with E-state index >= 15 is 0 Å². The first-order valence-corrected chi connectivity index (χ1v) is 5.01. The van der Waals surface area contributed by atoms with Crippen molar-refractivity contribution in [1.82, 2.24) is 25.3 Å². The fraction of sp³-hybridized carbons (Fsp3) is 0.200. The van der Waals surface area contributed by atoms with Crippen molar-refractivity contribution in [2.45, 2.75) is 6.54 Å². The zero-order valence-corrected chi connectivity index (χ0v) is 9.29. The van der Waals surface area contributed by atoms with E-state index in [4.69, 9.17) is 5.73 Å². The number of hydrogen-bond donors (Lipinski definition) is 2. The Labute approximate surface area is 97.6 Å². The Bertz CT molecular complexity index is 518. The molecule has 2 aromatic rings. The van der Waals surface area contributed by atoms with Gasteiger partial charge >= 0.3 is 0 Å². The van der Waals surface area contributed by atoms with E-state index in [0.717, 1.165) is 5.69 Å². The van der Waals surface area contributed by atoms with Crippen molar-refractivity contribution in [1.29, 1.82) is 0 Å². The highest BCUT2D eigenvalue weighted by Crippen LogP contribution is 1.98. The zero-order valence-electron chi connectivity index (χ0n) is 9.29. The number of nitrogens with zero attached hydrogens (tertiary/aromatic N) is 4. The fourth-order valence-electron chi connectivity index (χ4n) is 1.28. The van der Waals surface area contributed by atoms with Crippen molar-refractivity contribution in [3.05, 3.63) is 35.8 Å². The van der Waals surface area contributed by atoms with Crippen molar-refractivity contribution >= 4 is 11.7 Å². The van der Waals surface area contributed by atoms with Crippen LogP contribution in [0.5, 0.6) is 0 Å². The molecule has 0 aromatic carbocycles. The van der Waals surface area contributed by atoms with Gasteiger partial charge in [0, 0.05) is 13.2 Å². The van der Waals surface area contributed by atoms with Gasteiger partial charge in [0.2, 0.25) is 0 Å². The lowest BCUT2D eigenvalue weighted by molar-refractivity contribution is 0.0944. The third kappa shape index (κ3) is 2.77. The third-order valence-corrected chi connectivity index (χ3v) is 2.12. The third-order valence-electron chi connectivity index (χ3n) is 2.12. The average molecular weight is 232 g/mol. The maximum absolute atomic E-state index is 11.6. The number of aryl methyl sites for hydroxylation is 1. The summed E-state index contributed by atoms with van der Waals surface area (Å²) in [7, 11) is 1.82. The number of amides is 1. The predicted molar refractivity (Wildman–Crippen MR) is 60.8 cm³/mol. The summed E-state index contributed by atoms with van der Waals surface area (Å²) in [5.41, 5.74) is 6.39. The van der Waals surface area contributed by atoms with Crippen molar-refractivity contribution in [2.75, 3.05) is 5.73 Å². The van der Waals surface area contributed by atoms with E-state index in [1.165, 1.54) is 12.1 Å². The summed E-state index contributed by atoms with van der Waals surface area (Å²) >= 11 is 0. The molecule has 2 aromatic heterocycles. The summed E-state index contributed by atoms with van der Waals surface area (Å²) in [6, 6.07) is 4.88. The van der Waals surface area contributed by atoms with Gasteiger partial charge in [-0.05, 0) is 18.2 Å². The Morgan fingerprint density at radius 2 is 2.24 bits per heavy atom. The van der Waals surface area contributed by atoms with Gasteiger partial charge in [-0.1, -0.05) is 0 Å². The monoisotopic (exact) mass is 232 g/mol. The fourth-order valence-corrected chi connectivity index (χ4v) is 1.28. The number of nitrogen functional groups attached to an aromatic ring is 1. The van der Waals surface area contributed by atoms with Gasteiger partial charge < -0.3 is 11.1 Å². The lowest BCUT2D eigenvalue weighted by Gasteiger charge is -2.01. The second kappa shape index (κ2) is 4.60. The molecule has 0 aliphatic heterocycles. The SMILES string of the molecule is Cn1ccc(CNC(=O)c2ccc(N)nn2)n1. The summed E-state index contributed by atoms with van der Waals surface area (Å²) in [5.74, 6) is -0.0190. The second-order valence-electron chi connectivity index (χ2n) is 3.51. The van der Waals surface area contributed by atoms with Gasteiger partial charge in [0.25, 0.3) is 5.91 Å². The minimum atomic E-state index is -0.303. The molecular weight excluding hydrogens is 220 g/mol. The molecule has 7 nitrogen and oxygen atoms in total. The standard InChI is InChI=1S/C10H12N6O/c1-16-5-4-7(15-16)6-12-10(17)8-2-3-9(11)14-13-8/h2-5H,6H2,1H3,(H2,11,14)(H,12,17). The van der Waals surface area contributed by atoms with Gasteiger partial charge in [-0.25, -0.2) is 0 Å². The minimum absolute atomic E-state index is 0.232. The number of carbonyl (C=O) groups is 1. The highest BCUT2D eigenvalue weighted by Gasteiger charge is 2.07. The Kier molecular flexibility index (Phi) is 2.99. The highest BCUT2D eigenvalue weighted by atomic mass is 16.1. The zero-order chi connectivity index (χ0) is 12.3. The van der Waals surface area contributed by atoms with Crippen LogP contribution in [0.2, 0.25) is 0 Å². The first-order valence-electron chi connectivity index (χ1n) is 5.01. The van der Waals surface area contributed by atoms with Crippen LogP contribution < -0.4 is 11.1 Å². The van der Waals surface area contributed by atoms with Crippen LogP contribution in [0.4, 0.5) is 5.82 Å². The van der Waals surface area contributed by atoms with Crippen molar-refractivity contribution in [3.63, 3.8) is 0 Å². The molecule has 0 aliphatic rings. The van der Waals surface area contributed by atoms with Gasteiger partial charge in [-0.3, -0.25) is 9.48 Å². The van der Waals surface area contributed by atoms with Crippen LogP contribution in [0.15, 0.2) is 24.4 Å². The molecule has 0 saturated heterocycles. The summed E-state index contributed by atoms with van der Waals surface area (Å²) < 4.78 is 1.67. The molecule has 0 saturated carbocycles. The van der Waals surface area contributed by atoms with E-state index in [-0.39, 0.29) is 17.4 Å². The number of nitrogens with two attached hydrogens (primary N) is 1. The van der Waals surface area contributed by atoms with E-state index < -0.39 is 0 Å². The van der Waals surface area contributed by atoms with Crippen molar-refractivity contribution in [3.8, 4) is 0 Å². The Morgan fingerprint density at radius 1 is 1.41 bits per heavy atom. The normalized spacial score (nSPS) is 10.2. The Hall–Kier alpha value is -2.44. The molecule has 0 atom stereocenters. The first-order chi connectivity index (χ1) is 8.15. The van der Waals surface area contributed by atoms with Gasteiger partial charge in [-0.15, -0.1) is 10.2 Å². The molecule has 88 valence electrons. The van der Waals surface area contributed by atoms with Crippen LogP contribution in [-0.4, -0.2) is 25.9 Å². The quantitative estimate of drug-likeness (QED) is 0.758. The molecular formula is C10H12N6O. The largest absolute Gasteiger partial charge is 0.382 e. The molecule has 0 bridgehead atoms. The topological polar surface area (TPSA) is 98.7 Å². The number of rotatable bonds is 3. The van der Waals surface area contributed by atoms with E-state index in [2.05, 4.69) is 20.6 Å². The molecule has 2 rings (SSSR count). The number of nitrogens with one attached hydrogen (secondary N) is 1.